The molecular weight excluding hydrogens is 394 g/mol. The quantitative estimate of drug-likeness (QED) is 0.654. The zero-order valence-corrected chi connectivity index (χ0v) is 18.1. The third kappa shape index (κ3) is 3.54. The first-order chi connectivity index (χ1) is 14.7. The summed E-state index contributed by atoms with van der Waals surface area (Å²) in [6, 6.07) is 5.62. The molecule has 0 spiro atoms. The molecular formula is C22H25N7O2. The molecule has 6 rings (SSSR count). The van der Waals surface area contributed by atoms with Gasteiger partial charge in [0, 0.05) is 49.8 Å². The minimum Gasteiger partial charge on any atom is -0.374 e. The van der Waals surface area contributed by atoms with Crippen molar-refractivity contribution in [3.63, 3.8) is 0 Å². The SMILES string of the molecule is CC(=O)Nc1cc(Nc2cc(C)nc(C34COC(C)(C3)C4)n2)c(-c2ccn(C)n2)cn1. The molecule has 2 bridgehead atoms. The molecule has 2 N–H and O–H groups in total. The van der Waals surface area contributed by atoms with Crippen LogP contribution in [0.1, 0.15) is 38.2 Å². The van der Waals surface area contributed by atoms with Gasteiger partial charge in [0.05, 0.1) is 29.0 Å². The first-order valence-electron chi connectivity index (χ1n) is 10.3. The summed E-state index contributed by atoms with van der Waals surface area (Å²) in [5, 5.41) is 10.6. The molecule has 1 saturated carbocycles. The number of nitrogens with zero attached hydrogens (tertiary/aromatic N) is 5. The van der Waals surface area contributed by atoms with Crippen molar-refractivity contribution in [2.24, 2.45) is 7.05 Å². The summed E-state index contributed by atoms with van der Waals surface area (Å²) >= 11 is 0. The third-order valence-corrected chi connectivity index (χ3v) is 5.91. The minimum absolute atomic E-state index is 0.0365. The number of rotatable bonds is 5. The second-order valence-electron chi connectivity index (χ2n) is 8.89. The van der Waals surface area contributed by atoms with Gasteiger partial charge >= 0.3 is 0 Å². The predicted molar refractivity (Wildman–Crippen MR) is 116 cm³/mol. The van der Waals surface area contributed by atoms with Crippen LogP contribution in [0.3, 0.4) is 0 Å². The lowest BCUT2D eigenvalue weighted by atomic mass is 9.63. The fourth-order valence-electron chi connectivity index (χ4n) is 4.70. The molecule has 160 valence electrons. The average molecular weight is 419 g/mol. The Bertz CT molecular complexity index is 1180. The maximum atomic E-state index is 11.5. The number of aryl methyl sites for hydroxylation is 2. The van der Waals surface area contributed by atoms with E-state index in [1.165, 1.54) is 6.92 Å². The van der Waals surface area contributed by atoms with Crippen molar-refractivity contribution in [1.82, 2.24) is 24.7 Å². The van der Waals surface area contributed by atoms with Crippen LogP contribution in [0.2, 0.25) is 0 Å². The van der Waals surface area contributed by atoms with E-state index in [2.05, 4.69) is 27.6 Å². The highest BCUT2D eigenvalue weighted by atomic mass is 16.5. The van der Waals surface area contributed by atoms with Gasteiger partial charge in [-0.25, -0.2) is 15.0 Å². The number of aromatic nitrogens is 5. The summed E-state index contributed by atoms with van der Waals surface area (Å²) in [5.74, 6) is 1.78. The summed E-state index contributed by atoms with van der Waals surface area (Å²) in [5.41, 5.74) is 3.09. The van der Waals surface area contributed by atoms with Crippen LogP contribution in [0.5, 0.6) is 0 Å². The molecule has 9 heteroatoms. The standard InChI is InChI=1S/C22H25N7O2/c1-13-7-19(27-20(24-13)22-10-21(3,11-22)31-12-22)26-17-8-18(25-14(2)30)23-9-15(17)16-5-6-29(4)28-16/h5-9H,10-12H2,1-4H3,(H2,23,24,25,26,27,30). The molecule has 1 aliphatic carbocycles. The Balaban J connectivity index is 1.52. The largest absolute Gasteiger partial charge is 0.374 e. The Morgan fingerprint density at radius 2 is 2.03 bits per heavy atom. The predicted octanol–water partition coefficient (Wildman–Crippen LogP) is 3.10. The van der Waals surface area contributed by atoms with E-state index in [0.29, 0.717) is 18.2 Å². The van der Waals surface area contributed by atoms with Crippen LogP contribution in [-0.4, -0.2) is 42.8 Å². The van der Waals surface area contributed by atoms with Gasteiger partial charge < -0.3 is 15.4 Å². The monoisotopic (exact) mass is 419 g/mol. The second-order valence-corrected chi connectivity index (χ2v) is 8.89. The van der Waals surface area contributed by atoms with Crippen LogP contribution < -0.4 is 10.6 Å². The number of nitrogens with one attached hydrogen (secondary N) is 2. The van der Waals surface area contributed by atoms with Gasteiger partial charge in [-0.15, -0.1) is 0 Å². The molecule has 3 aromatic heterocycles. The van der Waals surface area contributed by atoms with Crippen molar-refractivity contribution in [2.75, 3.05) is 17.2 Å². The molecule has 2 saturated heterocycles. The Hall–Kier alpha value is -3.33. The van der Waals surface area contributed by atoms with Crippen molar-refractivity contribution in [3.8, 4) is 11.3 Å². The number of carbonyl (C=O) groups is 1. The average Bonchev–Trinajstić information content (AvgIpc) is 3.34. The van der Waals surface area contributed by atoms with Crippen LogP contribution in [0.25, 0.3) is 11.3 Å². The van der Waals surface area contributed by atoms with E-state index in [-0.39, 0.29) is 16.9 Å². The molecule has 3 fully saturated rings. The van der Waals surface area contributed by atoms with Crippen molar-refractivity contribution in [1.29, 1.82) is 0 Å². The van der Waals surface area contributed by atoms with Crippen molar-refractivity contribution in [3.05, 3.63) is 42.1 Å². The van der Waals surface area contributed by atoms with Crippen molar-refractivity contribution < 1.29 is 9.53 Å². The van der Waals surface area contributed by atoms with Crippen LogP contribution in [0.4, 0.5) is 17.3 Å². The molecule has 5 heterocycles. The number of fused-ring (bicyclic) bond motifs is 1. The lowest BCUT2D eigenvalue weighted by molar-refractivity contribution is -0.114. The lowest BCUT2D eigenvalue weighted by Crippen LogP contribution is -2.46. The normalized spacial score (nSPS) is 24.0. The Morgan fingerprint density at radius 1 is 1.23 bits per heavy atom. The van der Waals surface area contributed by atoms with Gasteiger partial charge in [-0.2, -0.15) is 5.10 Å². The molecule has 2 aliphatic heterocycles. The van der Waals surface area contributed by atoms with Crippen LogP contribution in [0, 0.1) is 6.92 Å². The lowest BCUT2D eigenvalue weighted by Gasteiger charge is -2.41. The molecule has 31 heavy (non-hydrogen) atoms. The highest BCUT2D eigenvalue weighted by molar-refractivity contribution is 5.89. The Kier molecular flexibility index (Phi) is 4.33. The summed E-state index contributed by atoms with van der Waals surface area (Å²) in [4.78, 5) is 25.5. The molecule has 9 nitrogen and oxygen atoms in total. The van der Waals surface area contributed by atoms with Crippen LogP contribution in [-0.2, 0) is 22.0 Å². The Morgan fingerprint density at radius 3 is 2.68 bits per heavy atom. The second kappa shape index (κ2) is 6.84. The zero-order valence-electron chi connectivity index (χ0n) is 18.1. The highest BCUT2D eigenvalue weighted by Gasteiger charge is 2.62. The summed E-state index contributed by atoms with van der Waals surface area (Å²) < 4.78 is 7.68. The van der Waals surface area contributed by atoms with Crippen LogP contribution >= 0.6 is 0 Å². The summed E-state index contributed by atoms with van der Waals surface area (Å²) in [6.45, 7) is 6.23. The van der Waals surface area contributed by atoms with Gasteiger partial charge in [0.2, 0.25) is 5.91 Å². The molecule has 0 radical (unpaired) electrons. The molecule has 0 aromatic carbocycles. The number of carbonyl (C=O) groups excluding carboxylic acids is 1. The first kappa shape index (κ1) is 19.6. The molecule has 0 unspecified atom stereocenters. The van der Waals surface area contributed by atoms with E-state index in [1.54, 1.807) is 16.9 Å². The maximum absolute atomic E-state index is 11.5. The highest BCUT2D eigenvalue weighted by Crippen LogP contribution is 2.57. The van der Waals surface area contributed by atoms with E-state index in [9.17, 15) is 4.79 Å². The van der Waals surface area contributed by atoms with Crippen molar-refractivity contribution in [2.45, 2.75) is 44.6 Å². The van der Waals surface area contributed by atoms with E-state index < -0.39 is 0 Å². The van der Waals surface area contributed by atoms with Crippen LogP contribution in [0.15, 0.2) is 30.6 Å². The van der Waals surface area contributed by atoms with Gasteiger partial charge in [-0.3, -0.25) is 9.48 Å². The van der Waals surface area contributed by atoms with Gasteiger partial charge in [0.15, 0.2) is 0 Å². The molecule has 3 aliphatic rings. The fraction of sp³-hybridized carbons (Fsp3) is 0.409. The van der Waals surface area contributed by atoms with E-state index in [4.69, 9.17) is 14.7 Å². The van der Waals surface area contributed by atoms with Crippen molar-refractivity contribution >= 4 is 23.2 Å². The number of hydrogen-bond acceptors (Lipinski definition) is 7. The topological polar surface area (TPSA) is 107 Å². The van der Waals surface area contributed by atoms with E-state index in [1.807, 2.05) is 32.3 Å². The van der Waals surface area contributed by atoms with E-state index >= 15 is 0 Å². The number of anilines is 3. The smallest absolute Gasteiger partial charge is 0.222 e. The summed E-state index contributed by atoms with van der Waals surface area (Å²) in [6.07, 6.45) is 5.47. The maximum Gasteiger partial charge on any atom is 0.222 e. The van der Waals surface area contributed by atoms with Gasteiger partial charge in [0.25, 0.3) is 0 Å². The Labute approximate surface area is 180 Å². The van der Waals surface area contributed by atoms with Gasteiger partial charge in [0.1, 0.15) is 17.5 Å². The first-order valence-corrected chi connectivity index (χ1v) is 10.3. The molecule has 0 atom stereocenters. The zero-order chi connectivity index (χ0) is 21.8. The van der Waals surface area contributed by atoms with Gasteiger partial charge in [-0.05, 0) is 32.8 Å². The molecule has 3 aromatic rings. The summed E-state index contributed by atoms with van der Waals surface area (Å²) in [7, 11) is 1.87. The van der Waals surface area contributed by atoms with E-state index in [0.717, 1.165) is 41.3 Å². The third-order valence-electron chi connectivity index (χ3n) is 5.91. The fourth-order valence-corrected chi connectivity index (χ4v) is 4.70. The number of hydrogen-bond donors (Lipinski definition) is 2. The molecule has 1 amide bonds. The number of pyridine rings is 1. The van der Waals surface area contributed by atoms with Gasteiger partial charge in [-0.1, -0.05) is 0 Å². The number of ether oxygens (including phenoxy) is 1. The number of amides is 1. The minimum atomic E-state index is -0.183.